The highest BCUT2D eigenvalue weighted by Gasteiger charge is 2.11. The van der Waals surface area contributed by atoms with Crippen molar-refractivity contribution < 1.29 is 14.3 Å². The SMILES string of the molecule is O=C(O)c1ncoc1I. The molecule has 1 heterocycles. The van der Waals surface area contributed by atoms with E-state index in [4.69, 9.17) is 5.11 Å². The van der Waals surface area contributed by atoms with E-state index >= 15 is 0 Å². The number of carboxylic acid groups (broad SMARTS) is 1. The molecule has 0 aromatic carbocycles. The van der Waals surface area contributed by atoms with Crippen molar-refractivity contribution in [1.29, 1.82) is 0 Å². The van der Waals surface area contributed by atoms with Gasteiger partial charge in [0.05, 0.1) is 0 Å². The Labute approximate surface area is 64.0 Å². The largest absolute Gasteiger partial charge is 0.476 e. The van der Waals surface area contributed by atoms with Gasteiger partial charge >= 0.3 is 5.97 Å². The first-order valence-electron chi connectivity index (χ1n) is 2.04. The lowest BCUT2D eigenvalue weighted by Gasteiger charge is -1.81. The fourth-order valence-electron chi connectivity index (χ4n) is 0.371. The highest BCUT2D eigenvalue weighted by Crippen LogP contribution is 2.08. The van der Waals surface area contributed by atoms with Crippen LogP contribution in [0.4, 0.5) is 0 Å². The van der Waals surface area contributed by atoms with E-state index in [-0.39, 0.29) is 5.69 Å². The minimum Gasteiger partial charge on any atom is -0.476 e. The topological polar surface area (TPSA) is 63.3 Å². The molecule has 0 atom stereocenters. The normalized spacial score (nSPS) is 9.44. The molecular weight excluding hydrogens is 237 g/mol. The van der Waals surface area contributed by atoms with Crippen molar-refractivity contribution in [2.45, 2.75) is 0 Å². The summed E-state index contributed by atoms with van der Waals surface area (Å²) in [6.07, 6.45) is 1.10. The van der Waals surface area contributed by atoms with E-state index in [9.17, 15) is 4.79 Å². The molecule has 9 heavy (non-hydrogen) atoms. The van der Waals surface area contributed by atoms with Gasteiger partial charge in [-0.3, -0.25) is 0 Å². The van der Waals surface area contributed by atoms with Crippen LogP contribution in [0.5, 0.6) is 0 Å². The number of oxazole rings is 1. The molecule has 5 heteroatoms. The van der Waals surface area contributed by atoms with Crippen LogP contribution in [0.15, 0.2) is 10.8 Å². The number of carbonyl (C=O) groups is 1. The fourth-order valence-corrected chi connectivity index (χ4v) is 0.855. The predicted molar refractivity (Wildman–Crippen MR) is 36.2 cm³/mol. The van der Waals surface area contributed by atoms with Crippen molar-refractivity contribution in [3.63, 3.8) is 0 Å². The molecule has 1 aromatic rings. The minimum atomic E-state index is -1.06. The smallest absolute Gasteiger partial charge is 0.359 e. The number of halogens is 1. The molecule has 0 radical (unpaired) electrons. The first-order valence-corrected chi connectivity index (χ1v) is 3.12. The lowest BCUT2D eigenvalue weighted by atomic mass is 10.5. The van der Waals surface area contributed by atoms with Gasteiger partial charge < -0.3 is 9.52 Å². The van der Waals surface area contributed by atoms with Crippen molar-refractivity contribution in [3.8, 4) is 0 Å². The van der Waals surface area contributed by atoms with Crippen LogP contribution in [-0.4, -0.2) is 16.1 Å². The number of carboxylic acids is 1. The van der Waals surface area contributed by atoms with Crippen LogP contribution >= 0.6 is 22.6 Å². The molecule has 1 N–H and O–H groups in total. The zero-order chi connectivity index (χ0) is 6.85. The molecule has 0 bridgehead atoms. The van der Waals surface area contributed by atoms with Crippen molar-refractivity contribution in [2.24, 2.45) is 0 Å². The van der Waals surface area contributed by atoms with E-state index in [1.54, 1.807) is 22.6 Å². The van der Waals surface area contributed by atoms with Crippen molar-refractivity contribution >= 4 is 28.6 Å². The summed E-state index contributed by atoms with van der Waals surface area (Å²) in [5.74, 6) is -1.06. The van der Waals surface area contributed by atoms with Crippen LogP contribution in [0.1, 0.15) is 10.5 Å². The lowest BCUT2D eigenvalue weighted by molar-refractivity contribution is 0.0689. The van der Waals surface area contributed by atoms with Crippen LogP contribution in [0, 0.1) is 3.77 Å². The van der Waals surface area contributed by atoms with Gasteiger partial charge in [0.2, 0.25) is 0 Å². The Bertz CT molecular complexity index is 231. The summed E-state index contributed by atoms with van der Waals surface area (Å²) in [6.45, 7) is 0. The Morgan fingerprint density at radius 1 is 1.89 bits per heavy atom. The zero-order valence-corrected chi connectivity index (χ0v) is 6.32. The molecule has 48 valence electrons. The molecule has 0 saturated carbocycles. The first kappa shape index (κ1) is 6.53. The average Bonchev–Trinajstić information content (AvgIpc) is 2.13. The number of hydrogen-bond donors (Lipinski definition) is 1. The highest BCUT2D eigenvalue weighted by molar-refractivity contribution is 14.1. The summed E-state index contributed by atoms with van der Waals surface area (Å²) >= 11 is 1.76. The molecule has 0 saturated heterocycles. The minimum absolute atomic E-state index is 0.0319. The standard InChI is InChI=1S/C4H2INO3/c5-3-2(4(7)8)6-1-9-3/h1H,(H,7,8). The van der Waals surface area contributed by atoms with Crippen LogP contribution in [0.3, 0.4) is 0 Å². The molecule has 0 aliphatic carbocycles. The van der Waals surface area contributed by atoms with Crippen molar-refractivity contribution in [2.75, 3.05) is 0 Å². The Morgan fingerprint density at radius 2 is 2.56 bits per heavy atom. The number of hydrogen-bond acceptors (Lipinski definition) is 3. The lowest BCUT2D eigenvalue weighted by Crippen LogP contribution is -1.97. The highest BCUT2D eigenvalue weighted by atomic mass is 127. The molecule has 0 aliphatic rings. The van der Waals surface area contributed by atoms with Crippen molar-refractivity contribution in [3.05, 3.63) is 15.9 Å². The van der Waals surface area contributed by atoms with E-state index in [2.05, 4.69) is 9.40 Å². The fraction of sp³-hybridized carbons (Fsp3) is 0. The van der Waals surface area contributed by atoms with Crippen LogP contribution in [0.25, 0.3) is 0 Å². The monoisotopic (exact) mass is 239 g/mol. The van der Waals surface area contributed by atoms with E-state index in [1.165, 1.54) is 0 Å². The number of nitrogens with zero attached hydrogens (tertiary/aromatic N) is 1. The third-order valence-electron chi connectivity index (χ3n) is 0.727. The van der Waals surface area contributed by atoms with Gasteiger partial charge in [0, 0.05) is 22.6 Å². The maximum Gasteiger partial charge on any atom is 0.359 e. The molecule has 0 fully saturated rings. The number of aromatic carboxylic acids is 1. The quantitative estimate of drug-likeness (QED) is 0.741. The summed E-state index contributed by atoms with van der Waals surface area (Å²) in [6, 6.07) is 0. The van der Waals surface area contributed by atoms with Gasteiger partial charge in [-0.15, -0.1) is 0 Å². The molecule has 0 spiro atoms. The van der Waals surface area contributed by atoms with Gasteiger partial charge in [0.1, 0.15) is 0 Å². The van der Waals surface area contributed by atoms with Crippen LogP contribution in [-0.2, 0) is 0 Å². The molecule has 0 aliphatic heterocycles. The summed E-state index contributed by atoms with van der Waals surface area (Å²) in [5.41, 5.74) is -0.0319. The molecular formula is C4H2INO3. The summed E-state index contributed by atoms with van der Waals surface area (Å²) in [4.78, 5) is 13.6. The van der Waals surface area contributed by atoms with Crippen molar-refractivity contribution in [1.82, 2.24) is 4.98 Å². The third-order valence-corrected chi connectivity index (χ3v) is 1.49. The molecule has 0 amide bonds. The average molecular weight is 239 g/mol. The maximum absolute atomic E-state index is 10.2. The third kappa shape index (κ3) is 1.21. The van der Waals surface area contributed by atoms with Crippen LogP contribution in [0.2, 0.25) is 0 Å². The van der Waals surface area contributed by atoms with E-state index in [0.29, 0.717) is 3.77 Å². The summed E-state index contributed by atoms with van der Waals surface area (Å²) in [5, 5.41) is 8.33. The second-order valence-corrected chi connectivity index (χ2v) is 2.26. The van der Waals surface area contributed by atoms with Gasteiger partial charge in [0.25, 0.3) is 0 Å². The maximum atomic E-state index is 10.2. The van der Waals surface area contributed by atoms with Gasteiger partial charge in [-0.25, -0.2) is 9.78 Å². The molecule has 1 aromatic heterocycles. The predicted octanol–water partition coefficient (Wildman–Crippen LogP) is 0.977. The number of rotatable bonds is 1. The van der Waals surface area contributed by atoms with Gasteiger partial charge in [0.15, 0.2) is 15.9 Å². The van der Waals surface area contributed by atoms with E-state index < -0.39 is 5.97 Å². The molecule has 4 nitrogen and oxygen atoms in total. The van der Waals surface area contributed by atoms with Gasteiger partial charge in [-0.2, -0.15) is 0 Å². The van der Waals surface area contributed by atoms with E-state index in [1.807, 2.05) is 0 Å². The zero-order valence-electron chi connectivity index (χ0n) is 4.17. The summed E-state index contributed by atoms with van der Waals surface area (Å²) in [7, 11) is 0. The number of aromatic nitrogens is 1. The Morgan fingerprint density at radius 3 is 2.78 bits per heavy atom. The Hall–Kier alpha value is -0.590. The second kappa shape index (κ2) is 2.34. The second-order valence-electron chi connectivity index (χ2n) is 1.28. The molecule has 1 rings (SSSR count). The Balaban J connectivity index is 3.08. The first-order chi connectivity index (χ1) is 4.22. The summed E-state index contributed by atoms with van der Waals surface area (Å²) < 4.78 is 4.93. The molecule has 0 unspecified atom stereocenters. The Kier molecular flexibility index (Phi) is 1.70. The van der Waals surface area contributed by atoms with E-state index in [0.717, 1.165) is 6.39 Å². The van der Waals surface area contributed by atoms with Gasteiger partial charge in [-0.05, 0) is 0 Å². The van der Waals surface area contributed by atoms with Crippen LogP contribution < -0.4 is 0 Å². The van der Waals surface area contributed by atoms with Gasteiger partial charge in [-0.1, -0.05) is 0 Å².